The van der Waals surface area contributed by atoms with Crippen LogP contribution >= 0.6 is 11.3 Å². The smallest absolute Gasteiger partial charge is 0.226 e. The van der Waals surface area contributed by atoms with Crippen molar-refractivity contribution in [2.24, 2.45) is 4.99 Å². The number of hydrogen-bond donors (Lipinski definition) is 2. The second kappa shape index (κ2) is 7.50. The third-order valence-electron chi connectivity index (χ3n) is 5.04. The minimum Gasteiger partial charge on any atom is -0.385 e. The van der Waals surface area contributed by atoms with Crippen LogP contribution in [-0.4, -0.2) is 36.0 Å². The second-order valence-electron chi connectivity index (χ2n) is 7.07. The van der Waals surface area contributed by atoms with Gasteiger partial charge < -0.3 is 10.1 Å². The van der Waals surface area contributed by atoms with Gasteiger partial charge in [-0.1, -0.05) is 0 Å². The Morgan fingerprint density at radius 1 is 1.35 bits per heavy atom. The number of nitrogens with one attached hydrogen (secondary N) is 2. The van der Waals surface area contributed by atoms with Crippen molar-refractivity contribution in [1.82, 2.24) is 15.1 Å². The summed E-state index contributed by atoms with van der Waals surface area (Å²) in [6, 6.07) is 2.08. The van der Waals surface area contributed by atoms with Crippen molar-refractivity contribution in [3.63, 3.8) is 0 Å². The molecule has 0 radical (unpaired) electrons. The van der Waals surface area contributed by atoms with Gasteiger partial charge in [-0.05, 0) is 64.1 Å². The zero-order valence-corrected chi connectivity index (χ0v) is 16.6. The van der Waals surface area contributed by atoms with Crippen molar-refractivity contribution in [2.45, 2.75) is 52.1 Å². The first kappa shape index (κ1) is 17.7. The molecule has 3 heterocycles. The lowest BCUT2D eigenvalue weighted by Crippen LogP contribution is -2.33. The Kier molecular flexibility index (Phi) is 5.11. The molecule has 7 heteroatoms. The van der Waals surface area contributed by atoms with Crippen LogP contribution in [0.2, 0.25) is 0 Å². The number of aliphatic imine (C=N–C) groups is 1. The van der Waals surface area contributed by atoms with Gasteiger partial charge in [-0.25, -0.2) is 9.67 Å². The Morgan fingerprint density at radius 3 is 2.96 bits per heavy atom. The molecule has 0 bridgehead atoms. The minimum atomic E-state index is -0.0138. The normalized spacial score (nSPS) is 18.9. The highest BCUT2D eigenvalue weighted by Gasteiger charge is 2.30. The van der Waals surface area contributed by atoms with E-state index in [4.69, 9.17) is 9.73 Å². The number of aryl methyl sites for hydroxylation is 3. The fourth-order valence-electron chi connectivity index (χ4n) is 3.85. The zero-order chi connectivity index (χ0) is 18.1. The van der Waals surface area contributed by atoms with Crippen LogP contribution in [0, 0.1) is 13.8 Å². The predicted molar refractivity (Wildman–Crippen MR) is 106 cm³/mol. The minimum absolute atomic E-state index is 0.0138. The van der Waals surface area contributed by atoms with Gasteiger partial charge in [0.1, 0.15) is 11.2 Å². The molecule has 0 saturated carbocycles. The molecule has 2 aromatic rings. The summed E-state index contributed by atoms with van der Waals surface area (Å²) in [4.78, 5) is 6.54. The maximum absolute atomic E-state index is 5.18. The molecular formula is C19H27N5OS. The number of ether oxygens (including phenoxy) is 1. The van der Waals surface area contributed by atoms with Crippen LogP contribution in [0.25, 0.3) is 0 Å². The Bertz CT molecular complexity index is 822. The lowest BCUT2D eigenvalue weighted by atomic mass is 9.94. The lowest BCUT2D eigenvalue weighted by Gasteiger charge is -2.25. The monoisotopic (exact) mass is 373 g/mol. The molecule has 2 aromatic heterocycles. The Balaban J connectivity index is 1.67. The molecule has 1 unspecified atom stereocenters. The van der Waals surface area contributed by atoms with E-state index in [-0.39, 0.29) is 6.17 Å². The number of thiophene rings is 1. The van der Waals surface area contributed by atoms with E-state index in [0.29, 0.717) is 0 Å². The maximum atomic E-state index is 5.18. The Morgan fingerprint density at radius 2 is 2.19 bits per heavy atom. The van der Waals surface area contributed by atoms with E-state index in [1.165, 1.54) is 46.7 Å². The van der Waals surface area contributed by atoms with E-state index in [1.54, 1.807) is 7.11 Å². The van der Waals surface area contributed by atoms with Gasteiger partial charge in [0, 0.05) is 29.9 Å². The van der Waals surface area contributed by atoms with Gasteiger partial charge in [0.2, 0.25) is 5.96 Å². The SMILES string of the molecule is COCCCNC1N=C(n2nc(C)cc2C)Nc2sc3c(c21)CCCC3. The molecule has 1 aliphatic carbocycles. The summed E-state index contributed by atoms with van der Waals surface area (Å²) in [6.07, 6.45) is 5.90. The van der Waals surface area contributed by atoms with Crippen LogP contribution < -0.4 is 10.6 Å². The maximum Gasteiger partial charge on any atom is 0.226 e. The average Bonchev–Trinajstić information content (AvgIpc) is 3.17. The van der Waals surface area contributed by atoms with Crippen molar-refractivity contribution in [3.8, 4) is 0 Å². The van der Waals surface area contributed by atoms with Gasteiger partial charge in [-0.15, -0.1) is 11.3 Å². The van der Waals surface area contributed by atoms with Crippen molar-refractivity contribution in [3.05, 3.63) is 33.5 Å². The Hall–Kier alpha value is -1.70. The third kappa shape index (κ3) is 3.31. The number of rotatable bonds is 5. The van der Waals surface area contributed by atoms with E-state index < -0.39 is 0 Å². The fourth-order valence-corrected chi connectivity index (χ4v) is 5.16. The summed E-state index contributed by atoms with van der Waals surface area (Å²) in [5.41, 5.74) is 4.97. The first-order valence-corrected chi connectivity index (χ1v) is 10.2. The molecule has 2 N–H and O–H groups in total. The quantitative estimate of drug-likeness (QED) is 0.789. The fraction of sp³-hybridized carbons (Fsp3) is 0.579. The van der Waals surface area contributed by atoms with Crippen molar-refractivity contribution >= 4 is 22.3 Å². The summed E-state index contributed by atoms with van der Waals surface area (Å²) in [6.45, 7) is 5.74. The molecule has 4 rings (SSSR count). The van der Waals surface area contributed by atoms with Crippen LogP contribution in [-0.2, 0) is 17.6 Å². The molecule has 140 valence electrons. The van der Waals surface area contributed by atoms with Crippen molar-refractivity contribution < 1.29 is 4.74 Å². The van der Waals surface area contributed by atoms with Gasteiger partial charge in [0.05, 0.1) is 5.69 Å². The number of methoxy groups -OCH3 is 1. The first-order chi connectivity index (χ1) is 12.7. The van der Waals surface area contributed by atoms with E-state index >= 15 is 0 Å². The highest BCUT2D eigenvalue weighted by molar-refractivity contribution is 7.16. The molecule has 0 aromatic carbocycles. The van der Waals surface area contributed by atoms with Crippen molar-refractivity contribution in [1.29, 1.82) is 0 Å². The van der Waals surface area contributed by atoms with Gasteiger partial charge in [-0.2, -0.15) is 5.10 Å². The molecule has 0 spiro atoms. The Labute approximate surface area is 158 Å². The van der Waals surface area contributed by atoms with Gasteiger partial charge in [-0.3, -0.25) is 5.32 Å². The molecular weight excluding hydrogens is 346 g/mol. The molecule has 1 atom stereocenters. The van der Waals surface area contributed by atoms with Crippen LogP contribution in [0.3, 0.4) is 0 Å². The molecule has 0 saturated heterocycles. The summed E-state index contributed by atoms with van der Waals surface area (Å²) in [5, 5.41) is 13.0. The summed E-state index contributed by atoms with van der Waals surface area (Å²) >= 11 is 1.90. The number of aromatic nitrogens is 2. The topological polar surface area (TPSA) is 63.5 Å². The largest absolute Gasteiger partial charge is 0.385 e. The standard InChI is InChI=1S/C19H27N5OS/c1-12-11-13(2)24(23-12)19-21-17(20-9-6-10-25-3)16-14-7-4-5-8-15(14)26-18(16)22-19/h11,17,20H,4-10H2,1-3H3,(H,21,22). The van der Waals surface area contributed by atoms with E-state index in [9.17, 15) is 0 Å². The highest BCUT2D eigenvalue weighted by atomic mass is 32.1. The molecule has 6 nitrogen and oxygen atoms in total. The van der Waals surface area contributed by atoms with Gasteiger partial charge in [0.25, 0.3) is 0 Å². The molecule has 26 heavy (non-hydrogen) atoms. The number of nitrogens with zero attached hydrogens (tertiary/aromatic N) is 3. The molecule has 1 aliphatic heterocycles. The van der Waals surface area contributed by atoms with Crippen LogP contribution in [0.5, 0.6) is 0 Å². The summed E-state index contributed by atoms with van der Waals surface area (Å²) < 4.78 is 7.10. The van der Waals surface area contributed by atoms with E-state index in [1.807, 2.05) is 22.9 Å². The summed E-state index contributed by atoms with van der Waals surface area (Å²) in [5.74, 6) is 0.811. The lowest BCUT2D eigenvalue weighted by molar-refractivity contribution is 0.193. The molecule has 0 amide bonds. The zero-order valence-electron chi connectivity index (χ0n) is 15.8. The van der Waals surface area contributed by atoms with Crippen LogP contribution in [0.4, 0.5) is 5.00 Å². The molecule has 0 fully saturated rings. The van der Waals surface area contributed by atoms with Crippen molar-refractivity contribution in [2.75, 3.05) is 25.6 Å². The van der Waals surface area contributed by atoms with Gasteiger partial charge in [0.15, 0.2) is 0 Å². The predicted octanol–water partition coefficient (Wildman–Crippen LogP) is 3.39. The third-order valence-corrected chi connectivity index (χ3v) is 6.26. The van der Waals surface area contributed by atoms with E-state index in [2.05, 4.69) is 28.7 Å². The number of anilines is 1. The first-order valence-electron chi connectivity index (χ1n) is 9.42. The van der Waals surface area contributed by atoms with Gasteiger partial charge >= 0.3 is 0 Å². The average molecular weight is 374 g/mol. The number of hydrogen-bond acceptors (Lipinski definition) is 6. The molecule has 2 aliphatic rings. The summed E-state index contributed by atoms with van der Waals surface area (Å²) in [7, 11) is 1.75. The van der Waals surface area contributed by atoms with E-state index in [0.717, 1.165) is 36.9 Å². The van der Waals surface area contributed by atoms with Crippen LogP contribution in [0.15, 0.2) is 11.1 Å². The highest BCUT2D eigenvalue weighted by Crippen LogP contribution is 2.43. The van der Waals surface area contributed by atoms with Crippen LogP contribution in [0.1, 0.15) is 52.8 Å². The second-order valence-corrected chi connectivity index (χ2v) is 8.18. The number of fused-ring (bicyclic) bond motifs is 3.